The SMILES string of the molecule is [Br-].[Br-].c1cc2cc(c1)Nc1cc[n+](cc1)Cc1ccc(cc1)C[n+]1ccc(cc1)N2. The van der Waals surface area contributed by atoms with Gasteiger partial charge in [0.15, 0.2) is 37.9 Å². The van der Waals surface area contributed by atoms with Crippen molar-refractivity contribution in [3.8, 4) is 0 Å². The number of nitrogens with zero attached hydrogens (tertiary/aromatic N) is 2. The van der Waals surface area contributed by atoms with Gasteiger partial charge < -0.3 is 44.6 Å². The summed E-state index contributed by atoms with van der Waals surface area (Å²) in [5.41, 5.74) is 6.85. The van der Waals surface area contributed by atoms with Crippen LogP contribution in [0.15, 0.2) is 97.6 Å². The zero-order valence-electron chi connectivity index (χ0n) is 16.3. The van der Waals surface area contributed by atoms with Gasteiger partial charge in [-0.2, -0.15) is 0 Å². The van der Waals surface area contributed by atoms with Crippen LogP contribution in [0.4, 0.5) is 22.7 Å². The van der Waals surface area contributed by atoms with E-state index in [1.807, 2.05) is 0 Å². The van der Waals surface area contributed by atoms with Crippen molar-refractivity contribution < 1.29 is 43.1 Å². The second kappa shape index (κ2) is 9.87. The molecule has 6 heteroatoms. The van der Waals surface area contributed by atoms with Gasteiger partial charge in [-0.05, 0) is 18.2 Å². The highest BCUT2D eigenvalue weighted by Crippen LogP contribution is 2.22. The van der Waals surface area contributed by atoms with Gasteiger partial charge in [0.25, 0.3) is 0 Å². The van der Waals surface area contributed by atoms with E-state index in [9.17, 15) is 0 Å². The van der Waals surface area contributed by atoms with E-state index in [0.717, 1.165) is 35.8 Å². The monoisotopic (exact) mass is 524 g/mol. The molecule has 0 radical (unpaired) electrons. The Labute approximate surface area is 197 Å². The summed E-state index contributed by atoms with van der Waals surface area (Å²) in [4.78, 5) is 0. The Kier molecular flexibility index (Phi) is 7.24. The fourth-order valence-corrected chi connectivity index (χ4v) is 3.47. The largest absolute Gasteiger partial charge is 1.00 e. The van der Waals surface area contributed by atoms with E-state index in [1.165, 1.54) is 11.1 Å². The van der Waals surface area contributed by atoms with Crippen LogP contribution in [0.2, 0.25) is 0 Å². The van der Waals surface area contributed by atoms with Gasteiger partial charge in [-0.25, -0.2) is 9.13 Å². The Bertz CT molecular complexity index is 1010. The molecule has 2 N–H and O–H groups in total. The van der Waals surface area contributed by atoms with Gasteiger partial charge in [0.05, 0.1) is 11.4 Å². The highest BCUT2D eigenvalue weighted by Gasteiger charge is 2.08. The first kappa shape index (κ1) is 22.0. The number of anilines is 4. The minimum absolute atomic E-state index is 0. The van der Waals surface area contributed by atoms with Crippen LogP contribution in [0, 0.1) is 0 Å². The van der Waals surface area contributed by atoms with Crippen LogP contribution < -0.4 is 53.7 Å². The molecule has 0 saturated heterocycles. The number of aromatic nitrogens is 2. The predicted octanol–water partition coefficient (Wildman–Crippen LogP) is -1.83. The first-order valence-corrected chi connectivity index (χ1v) is 9.50. The second-order valence-electron chi connectivity index (χ2n) is 7.17. The molecule has 9 rings (SSSR count). The molecule has 2 aromatic carbocycles. The van der Waals surface area contributed by atoms with Crippen LogP contribution in [0.3, 0.4) is 0 Å². The standard InChI is InChI=1S/C24H20N4.2BrH/c1-2-23-16-24(3-1)26-22-10-14-28(15-11-22)18-20-6-4-19(5-7-20)17-27-12-8-21(25-23)9-13-27;;/h1-16H,17-18H2;2*1H. The normalized spacial score (nSPS) is 11.7. The number of hydrogen-bond donors (Lipinski definition) is 2. The van der Waals surface area contributed by atoms with E-state index >= 15 is 0 Å². The van der Waals surface area contributed by atoms with Crippen LogP contribution in [-0.2, 0) is 13.1 Å². The minimum atomic E-state index is 0. The molecule has 0 atom stereocenters. The maximum absolute atomic E-state index is 3.48. The zero-order chi connectivity index (χ0) is 18.8. The Morgan fingerprint density at radius 2 is 0.900 bits per heavy atom. The maximum Gasteiger partial charge on any atom is 0.173 e. The first-order valence-electron chi connectivity index (χ1n) is 9.50. The summed E-state index contributed by atoms with van der Waals surface area (Å²) in [6.45, 7) is 1.73. The molecule has 4 nitrogen and oxygen atoms in total. The summed E-state index contributed by atoms with van der Waals surface area (Å²) < 4.78 is 4.39. The van der Waals surface area contributed by atoms with Gasteiger partial charge in [-0.15, -0.1) is 0 Å². The maximum atomic E-state index is 3.48. The highest BCUT2D eigenvalue weighted by atomic mass is 79.9. The van der Waals surface area contributed by atoms with E-state index in [2.05, 4.69) is 117 Å². The summed E-state index contributed by atoms with van der Waals surface area (Å²) in [7, 11) is 0. The third kappa shape index (κ3) is 5.26. The summed E-state index contributed by atoms with van der Waals surface area (Å²) in [6, 6.07) is 25.6. The van der Waals surface area contributed by atoms with Gasteiger partial charge >= 0.3 is 0 Å². The van der Waals surface area contributed by atoms with Crippen molar-refractivity contribution in [2.24, 2.45) is 0 Å². The molecule has 8 bridgehead atoms. The van der Waals surface area contributed by atoms with Gasteiger partial charge in [0.1, 0.15) is 0 Å². The molecule has 0 spiro atoms. The van der Waals surface area contributed by atoms with Crippen molar-refractivity contribution in [3.05, 3.63) is 109 Å². The Balaban J connectivity index is 0.00000128. The summed E-state index contributed by atoms with van der Waals surface area (Å²) in [5, 5.41) is 6.96. The molecule has 0 fully saturated rings. The summed E-state index contributed by atoms with van der Waals surface area (Å²) in [5.74, 6) is 0. The molecule has 7 heterocycles. The molecule has 0 saturated carbocycles. The van der Waals surface area contributed by atoms with E-state index in [0.29, 0.717) is 0 Å². The second-order valence-corrected chi connectivity index (χ2v) is 7.17. The van der Waals surface area contributed by atoms with Crippen LogP contribution >= 0.6 is 0 Å². The van der Waals surface area contributed by atoms with Crippen molar-refractivity contribution in [1.29, 1.82) is 0 Å². The van der Waals surface area contributed by atoms with Crippen molar-refractivity contribution in [2.45, 2.75) is 13.1 Å². The molecule has 5 aliphatic rings. The number of hydrogen-bond acceptors (Lipinski definition) is 2. The van der Waals surface area contributed by atoms with Gasteiger partial charge in [0.2, 0.25) is 0 Å². The molecule has 152 valence electrons. The highest BCUT2D eigenvalue weighted by molar-refractivity contribution is 5.67. The van der Waals surface area contributed by atoms with E-state index < -0.39 is 0 Å². The first-order chi connectivity index (χ1) is 13.8. The molecular formula is C24H22Br2N4. The van der Waals surface area contributed by atoms with Crippen molar-refractivity contribution >= 4 is 22.7 Å². The lowest BCUT2D eigenvalue weighted by atomic mass is 10.1. The molecule has 0 unspecified atom stereocenters. The Morgan fingerprint density at radius 3 is 1.30 bits per heavy atom. The smallest absolute Gasteiger partial charge is 0.173 e. The quantitative estimate of drug-likeness (QED) is 0.233. The molecule has 2 aromatic heterocycles. The van der Waals surface area contributed by atoms with E-state index in [-0.39, 0.29) is 34.0 Å². The average molecular weight is 526 g/mol. The predicted molar refractivity (Wildman–Crippen MR) is 111 cm³/mol. The molecule has 4 aromatic rings. The third-order valence-electron chi connectivity index (χ3n) is 4.98. The molecular weight excluding hydrogens is 504 g/mol. The number of benzene rings is 2. The van der Waals surface area contributed by atoms with E-state index in [4.69, 9.17) is 0 Å². The van der Waals surface area contributed by atoms with Crippen LogP contribution in [0.5, 0.6) is 0 Å². The lowest BCUT2D eigenvalue weighted by Gasteiger charge is -2.10. The fourth-order valence-electron chi connectivity index (χ4n) is 3.47. The number of fused-ring (bicyclic) bond motifs is 1. The average Bonchev–Trinajstić information content (AvgIpc) is 2.72. The Morgan fingerprint density at radius 1 is 0.500 bits per heavy atom. The van der Waals surface area contributed by atoms with Gasteiger partial charge in [-0.1, -0.05) is 30.3 Å². The number of nitrogens with one attached hydrogen (secondary N) is 2. The van der Waals surface area contributed by atoms with Crippen molar-refractivity contribution in [3.63, 3.8) is 0 Å². The topological polar surface area (TPSA) is 31.8 Å². The van der Waals surface area contributed by atoms with Gasteiger partial charge in [0, 0.05) is 46.8 Å². The lowest BCUT2D eigenvalue weighted by molar-refractivity contribution is -0.688. The van der Waals surface area contributed by atoms with Crippen LogP contribution in [0.1, 0.15) is 11.1 Å². The van der Waals surface area contributed by atoms with Crippen molar-refractivity contribution in [1.82, 2.24) is 0 Å². The summed E-state index contributed by atoms with van der Waals surface area (Å²) >= 11 is 0. The number of pyridine rings is 2. The third-order valence-corrected chi connectivity index (χ3v) is 4.98. The van der Waals surface area contributed by atoms with Crippen molar-refractivity contribution in [2.75, 3.05) is 10.6 Å². The zero-order valence-corrected chi connectivity index (χ0v) is 19.5. The number of rotatable bonds is 0. The minimum Gasteiger partial charge on any atom is -1.00 e. The fraction of sp³-hybridized carbons (Fsp3) is 0.0833. The molecule has 30 heavy (non-hydrogen) atoms. The van der Waals surface area contributed by atoms with Gasteiger partial charge in [-0.3, -0.25) is 0 Å². The number of halogens is 2. The lowest BCUT2D eigenvalue weighted by Crippen LogP contribution is -3.00. The van der Waals surface area contributed by atoms with Crippen LogP contribution in [-0.4, -0.2) is 0 Å². The van der Waals surface area contributed by atoms with E-state index in [1.54, 1.807) is 0 Å². The Hall–Kier alpha value is -2.70. The molecule has 0 amide bonds. The summed E-state index contributed by atoms with van der Waals surface area (Å²) in [6.07, 6.45) is 8.45. The van der Waals surface area contributed by atoms with Crippen LogP contribution in [0.25, 0.3) is 0 Å². The molecule has 0 aliphatic carbocycles. The molecule has 5 aliphatic heterocycles.